The van der Waals surface area contributed by atoms with Crippen LogP contribution in [0.15, 0.2) is 47.4 Å². The first-order valence-corrected chi connectivity index (χ1v) is 8.20. The molecule has 5 nitrogen and oxygen atoms in total. The summed E-state index contributed by atoms with van der Waals surface area (Å²) in [6, 6.07) is 5.74. The number of ether oxygens (including phenoxy) is 2. The first-order chi connectivity index (χ1) is 10.3. The summed E-state index contributed by atoms with van der Waals surface area (Å²) in [5, 5.41) is 12.9. The normalized spacial score (nSPS) is 14.7. The minimum Gasteiger partial charge on any atom is -0.493 e. The van der Waals surface area contributed by atoms with Crippen LogP contribution in [0.2, 0.25) is 0 Å². The fourth-order valence-electron chi connectivity index (χ4n) is 2.13. The summed E-state index contributed by atoms with van der Waals surface area (Å²) in [6.07, 6.45) is 6.12. The van der Waals surface area contributed by atoms with Crippen LogP contribution < -0.4 is 9.47 Å². The number of benzene rings is 1. The maximum absolute atomic E-state index is 5.32. The van der Waals surface area contributed by atoms with Crippen LogP contribution in [-0.2, 0) is 5.88 Å². The molecule has 2 heterocycles. The molecule has 110 valence electrons. The highest BCUT2D eigenvalue weighted by molar-refractivity contribution is 8.21. The van der Waals surface area contributed by atoms with Crippen molar-refractivity contribution in [3.63, 3.8) is 0 Å². The summed E-state index contributed by atoms with van der Waals surface area (Å²) in [4.78, 5) is 0. The third kappa shape index (κ3) is 2.95. The van der Waals surface area contributed by atoms with E-state index in [0.29, 0.717) is 11.5 Å². The van der Waals surface area contributed by atoms with Crippen molar-refractivity contribution >= 4 is 10.9 Å². The average Bonchev–Trinajstić information content (AvgIpc) is 3.19. The van der Waals surface area contributed by atoms with Crippen LogP contribution in [0, 0.1) is 0 Å². The molecule has 1 aromatic heterocycles. The SMILES string of the molecule is COc1ccc(-c2cn(C[SH]3C=CC=C3)nn2)cc1OC. The highest BCUT2D eigenvalue weighted by Crippen LogP contribution is 2.35. The molecule has 0 saturated heterocycles. The maximum atomic E-state index is 5.32. The van der Waals surface area contributed by atoms with Gasteiger partial charge < -0.3 is 9.47 Å². The number of methoxy groups -OCH3 is 2. The van der Waals surface area contributed by atoms with Gasteiger partial charge in [0.25, 0.3) is 0 Å². The van der Waals surface area contributed by atoms with Gasteiger partial charge >= 0.3 is 0 Å². The van der Waals surface area contributed by atoms with Crippen LogP contribution in [0.25, 0.3) is 11.3 Å². The second-order valence-electron chi connectivity index (χ2n) is 4.55. The molecule has 0 fully saturated rings. The van der Waals surface area contributed by atoms with E-state index in [1.165, 1.54) is 0 Å². The highest BCUT2D eigenvalue weighted by Gasteiger charge is 2.10. The van der Waals surface area contributed by atoms with Gasteiger partial charge in [0.2, 0.25) is 0 Å². The first kappa shape index (κ1) is 13.8. The Hall–Kier alpha value is -2.21. The van der Waals surface area contributed by atoms with Crippen LogP contribution >= 0.6 is 10.9 Å². The van der Waals surface area contributed by atoms with Crippen molar-refractivity contribution in [1.29, 1.82) is 0 Å². The van der Waals surface area contributed by atoms with Gasteiger partial charge in [-0.15, -0.1) is 5.10 Å². The van der Waals surface area contributed by atoms with Crippen LogP contribution in [-0.4, -0.2) is 29.2 Å². The van der Waals surface area contributed by atoms with Gasteiger partial charge in [0.05, 0.1) is 26.3 Å². The van der Waals surface area contributed by atoms with Crippen molar-refractivity contribution in [2.75, 3.05) is 14.2 Å². The monoisotopic (exact) mass is 303 g/mol. The van der Waals surface area contributed by atoms with E-state index >= 15 is 0 Å². The Kier molecular flexibility index (Phi) is 3.96. The largest absolute Gasteiger partial charge is 0.493 e. The number of hydrogen-bond acceptors (Lipinski definition) is 4. The third-order valence-electron chi connectivity index (χ3n) is 3.19. The van der Waals surface area contributed by atoms with E-state index in [-0.39, 0.29) is 10.9 Å². The lowest BCUT2D eigenvalue weighted by atomic mass is 10.1. The summed E-state index contributed by atoms with van der Waals surface area (Å²) in [5.74, 6) is 2.26. The van der Waals surface area contributed by atoms with Gasteiger partial charge in [0, 0.05) is 5.56 Å². The standard InChI is InChI=1S/C15H17N3O2S/c1-19-14-6-5-12(9-15(14)20-2)13-10-18(17-16-13)11-21-7-3-4-8-21/h3-10,21H,11H2,1-2H3. The van der Waals surface area contributed by atoms with Crippen molar-refractivity contribution in [2.45, 2.75) is 5.88 Å². The van der Waals surface area contributed by atoms with E-state index < -0.39 is 0 Å². The zero-order valence-corrected chi connectivity index (χ0v) is 12.8. The second kappa shape index (κ2) is 6.05. The Bertz CT molecular complexity index is 682. The summed E-state index contributed by atoms with van der Waals surface area (Å²) >= 11 is 0. The summed E-state index contributed by atoms with van der Waals surface area (Å²) in [5.41, 5.74) is 1.79. The molecular weight excluding hydrogens is 286 g/mol. The average molecular weight is 303 g/mol. The molecule has 21 heavy (non-hydrogen) atoms. The summed E-state index contributed by atoms with van der Waals surface area (Å²) in [6.45, 7) is 0. The number of nitrogens with zero attached hydrogens (tertiary/aromatic N) is 3. The summed E-state index contributed by atoms with van der Waals surface area (Å²) in [7, 11) is 3.01. The quantitative estimate of drug-likeness (QED) is 0.863. The lowest BCUT2D eigenvalue weighted by molar-refractivity contribution is 0.355. The molecule has 0 atom stereocenters. The lowest BCUT2D eigenvalue weighted by Gasteiger charge is -2.09. The molecular formula is C15H17N3O2S. The molecule has 3 rings (SSSR count). The van der Waals surface area contributed by atoms with Crippen LogP contribution in [0.5, 0.6) is 11.5 Å². The number of thiol groups is 1. The predicted octanol–water partition coefficient (Wildman–Crippen LogP) is 2.96. The fraction of sp³-hybridized carbons (Fsp3) is 0.200. The maximum Gasteiger partial charge on any atom is 0.161 e. The number of allylic oxidation sites excluding steroid dienone is 2. The molecule has 0 aliphatic carbocycles. The molecule has 0 N–H and O–H groups in total. The van der Waals surface area contributed by atoms with Gasteiger partial charge in [-0.2, -0.15) is 10.9 Å². The molecule has 0 amide bonds. The Morgan fingerprint density at radius 1 is 1.10 bits per heavy atom. The van der Waals surface area contributed by atoms with E-state index in [9.17, 15) is 0 Å². The molecule has 1 aromatic carbocycles. The molecule has 0 saturated carbocycles. The molecule has 6 heteroatoms. The van der Waals surface area contributed by atoms with Gasteiger partial charge in [0.1, 0.15) is 5.69 Å². The topological polar surface area (TPSA) is 49.2 Å². The van der Waals surface area contributed by atoms with Crippen LogP contribution in [0.4, 0.5) is 0 Å². The lowest BCUT2D eigenvalue weighted by Crippen LogP contribution is -1.96. The Morgan fingerprint density at radius 3 is 2.57 bits per heavy atom. The molecule has 0 spiro atoms. The van der Waals surface area contributed by atoms with Gasteiger partial charge in [-0.25, -0.2) is 4.68 Å². The van der Waals surface area contributed by atoms with Crippen molar-refractivity contribution in [2.24, 2.45) is 0 Å². The minimum atomic E-state index is -0.239. The predicted molar refractivity (Wildman–Crippen MR) is 85.8 cm³/mol. The van der Waals surface area contributed by atoms with Crippen molar-refractivity contribution in [3.8, 4) is 22.8 Å². The number of rotatable bonds is 5. The Labute approximate surface area is 126 Å². The van der Waals surface area contributed by atoms with Crippen molar-refractivity contribution in [1.82, 2.24) is 15.0 Å². The zero-order valence-electron chi connectivity index (χ0n) is 11.9. The highest BCUT2D eigenvalue weighted by atomic mass is 32.2. The van der Waals surface area contributed by atoms with E-state index in [1.807, 2.05) is 29.1 Å². The number of aromatic nitrogens is 3. The molecule has 1 aliphatic heterocycles. The molecule has 1 aliphatic rings. The Balaban J connectivity index is 1.82. The van der Waals surface area contributed by atoms with Gasteiger partial charge in [0.15, 0.2) is 11.5 Å². The zero-order chi connectivity index (χ0) is 14.7. The smallest absolute Gasteiger partial charge is 0.161 e. The van der Waals surface area contributed by atoms with E-state index in [4.69, 9.17) is 9.47 Å². The van der Waals surface area contributed by atoms with E-state index in [1.54, 1.807) is 14.2 Å². The Morgan fingerprint density at radius 2 is 1.86 bits per heavy atom. The molecule has 0 unspecified atom stereocenters. The summed E-state index contributed by atoms with van der Waals surface area (Å²) < 4.78 is 12.4. The van der Waals surface area contributed by atoms with E-state index in [2.05, 4.69) is 33.3 Å². The third-order valence-corrected chi connectivity index (χ3v) is 4.92. The van der Waals surface area contributed by atoms with Crippen molar-refractivity contribution < 1.29 is 9.47 Å². The fourth-order valence-corrected chi connectivity index (χ4v) is 3.53. The van der Waals surface area contributed by atoms with Gasteiger partial charge in [-0.1, -0.05) is 17.4 Å². The van der Waals surface area contributed by atoms with Gasteiger partial charge in [-0.3, -0.25) is 0 Å². The van der Waals surface area contributed by atoms with E-state index in [0.717, 1.165) is 17.1 Å². The van der Waals surface area contributed by atoms with Crippen LogP contribution in [0.1, 0.15) is 0 Å². The molecule has 0 radical (unpaired) electrons. The molecule has 2 aromatic rings. The minimum absolute atomic E-state index is 0.239. The second-order valence-corrected chi connectivity index (χ2v) is 6.46. The van der Waals surface area contributed by atoms with Crippen LogP contribution in [0.3, 0.4) is 0 Å². The van der Waals surface area contributed by atoms with Gasteiger partial charge in [-0.05, 0) is 29.0 Å². The van der Waals surface area contributed by atoms with Crippen molar-refractivity contribution in [3.05, 3.63) is 47.4 Å². The first-order valence-electron chi connectivity index (χ1n) is 6.53. The number of hydrogen-bond donors (Lipinski definition) is 1. The molecule has 0 bridgehead atoms.